The Morgan fingerprint density at radius 1 is 1.15 bits per heavy atom. The quantitative estimate of drug-likeness (QED) is 0.879. The Labute approximate surface area is 116 Å². The van der Waals surface area contributed by atoms with Crippen molar-refractivity contribution in [2.75, 3.05) is 7.11 Å². The fourth-order valence-electron chi connectivity index (χ4n) is 2.22. The van der Waals surface area contributed by atoms with Crippen LogP contribution in [-0.2, 0) is 0 Å². The molecule has 1 aliphatic rings. The molecule has 0 radical (unpaired) electrons. The summed E-state index contributed by atoms with van der Waals surface area (Å²) in [6.45, 7) is 0. The molecule has 4 nitrogen and oxygen atoms in total. The van der Waals surface area contributed by atoms with Gasteiger partial charge in [-0.15, -0.1) is 0 Å². The van der Waals surface area contributed by atoms with E-state index < -0.39 is 0 Å². The SMILES string of the molecule is COc1ccc(O)c(/C=C2\NC(=O)c3ccccc32)c1. The van der Waals surface area contributed by atoms with Gasteiger partial charge in [0.2, 0.25) is 0 Å². The van der Waals surface area contributed by atoms with E-state index in [-0.39, 0.29) is 11.7 Å². The summed E-state index contributed by atoms with van der Waals surface area (Å²) < 4.78 is 5.14. The van der Waals surface area contributed by atoms with E-state index in [4.69, 9.17) is 4.74 Å². The minimum absolute atomic E-state index is 0.130. The number of rotatable bonds is 2. The van der Waals surface area contributed by atoms with E-state index in [0.29, 0.717) is 22.6 Å². The zero-order valence-corrected chi connectivity index (χ0v) is 10.9. The third-order valence-electron chi connectivity index (χ3n) is 3.24. The number of aromatic hydroxyl groups is 1. The summed E-state index contributed by atoms with van der Waals surface area (Å²) in [5.74, 6) is 0.651. The highest BCUT2D eigenvalue weighted by molar-refractivity contribution is 6.11. The van der Waals surface area contributed by atoms with Gasteiger partial charge in [-0.05, 0) is 30.3 Å². The number of methoxy groups -OCH3 is 1. The molecule has 3 rings (SSSR count). The number of benzene rings is 2. The highest BCUT2D eigenvalue weighted by Crippen LogP contribution is 2.30. The number of amides is 1. The van der Waals surface area contributed by atoms with E-state index >= 15 is 0 Å². The van der Waals surface area contributed by atoms with E-state index in [1.165, 1.54) is 0 Å². The van der Waals surface area contributed by atoms with Crippen molar-refractivity contribution in [1.82, 2.24) is 5.32 Å². The van der Waals surface area contributed by atoms with Crippen LogP contribution in [0.5, 0.6) is 11.5 Å². The molecule has 0 saturated heterocycles. The molecule has 1 amide bonds. The smallest absolute Gasteiger partial charge is 0.256 e. The summed E-state index contributed by atoms with van der Waals surface area (Å²) in [5, 5.41) is 12.7. The second kappa shape index (κ2) is 4.74. The lowest BCUT2D eigenvalue weighted by molar-refractivity contribution is 0.0981. The minimum atomic E-state index is -0.130. The van der Waals surface area contributed by atoms with E-state index in [1.807, 2.05) is 18.2 Å². The van der Waals surface area contributed by atoms with Crippen molar-refractivity contribution >= 4 is 17.7 Å². The zero-order valence-electron chi connectivity index (χ0n) is 10.9. The molecule has 0 bridgehead atoms. The van der Waals surface area contributed by atoms with Crippen LogP contribution < -0.4 is 10.1 Å². The van der Waals surface area contributed by atoms with Gasteiger partial charge < -0.3 is 15.2 Å². The second-order valence-electron chi connectivity index (χ2n) is 4.48. The maximum Gasteiger partial charge on any atom is 0.256 e. The number of ether oxygens (including phenoxy) is 1. The van der Waals surface area contributed by atoms with Gasteiger partial charge in [-0.1, -0.05) is 18.2 Å². The lowest BCUT2D eigenvalue weighted by Gasteiger charge is -2.05. The van der Waals surface area contributed by atoms with Crippen molar-refractivity contribution in [2.45, 2.75) is 0 Å². The number of hydrogen-bond acceptors (Lipinski definition) is 3. The largest absolute Gasteiger partial charge is 0.507 e. The van der Waals surface area contributed by atoms with Crippen LogP contribution in [0.1, 0.15) is 21.5 Å². The van der Waals surface area contributed by atoms with Crippen LogP contribution in [0, 0.1) is 0 Å². The predicted octanol–water partition coefficient (Wildman–Crippen LogP) is 2.64. The Morgan fingerprint density at radius 3 is 2.65 bits per heavy atom. The monoisotopic (exact) mass is 267 g/mol. The summed E-state index contributed by atoms with van der Waals surface area (Å²) in [7, 11) is 1.57. The number of fused-ring (bicyclic) bond motifs is 1. The molecule has 0 atom stereocenters. The van der Waals surface area contributed by atoms with Crippen LogP contribution >= 0.6 is 0 Å². The molecule has 20 heavy (non-hydrogen) atoms. The molecule has 0 fully saturated rings. The number of nitrogens with one attached hydrogen (secondary N) is 1. The molecule has 2 N–H and O–H groups in total. The van der Waals surface area contributed by atoms with Crippen molar-refractivity contribution in [1.29, 1.82) is 0 Å². The lowest BCUT2D eigenvalue weighted by Crippen LogP contribution is -2.11. The summed E-state index contributed by atoms with van der Waals surface area (Å²) in [6.07, 6.45) is 1.74. The number of hydrogen-bond donors (Lipinski definition) is 2. The van der Waals surface area contributed by atoms with Gasteiger partial charge in [0.15, 0.2) is 0 Å². The topological polar surface area (TPSA) is 58.6 Å². The molecule has 1 aliphatic heterocycles. The van der Waals surface area contributed by atoms with E-state index in [1.54, 1.807) is 37.5 Å². The van der Waals surface area contributed by atoms with E-state index in [2.05, 4.69) is 5.32 Å². The summed E-state index contributed by atoms with van der Waals surface area (Å²) in [6, 6.07) is 12.3. The standard InChI is InChI=1S/C16H13NO3/c1-20-11-6-7-15(18)10(8-11)9-14-12-4-2-3-5-13(12)16(19)17-14/h2-9,18H,1H3,(H,17,19)/b14-9-. The summed E-state index contributed by atoms with van der Waals surface area (Å²) >= 11 is 0. The maximum absolute atomic E-state index is 11.8. The van der Waals surface area contributed by atoms with E-state index in [0.717, 1.165) is 5.56 Å². The molecular weight excluding hydrogens is 254 g/mol. The molecule has 2 aromatic rings. The Hall–Kier alpha value is -2.75. The van der Waals surface area contributed by atoms with Crippen LogP contribution in [0.15, 0.2) is 42.5 Å². The van der Waals surface area contributed by atoms with Gasteiger partial charge in [0.05, 0.1) is 7.11 Å². The molecule has 1 heterocycles. The van der Waals surface area contributed by atoms with E-state index in [9.17, 15) is 9.90 Å². The highest BCUT2D eigenvalue weighted by atomic mass is 16.5. The third kappa shape index (κ3) is 2.01. The van der Waals surface area contributed by atoms with Crippen molar-refractivity contribution in [2.24, 2.45) is 0 Å². The molecule has 4 heteroatoms. The fourth-order valence-corrected chi connectivity index (χ4v) is 2.22. The number of phenols is 1. The van der Waals surface area contributed by atoms with Gasteiger partial charge in [-0.3, -0.25) is 4.79 Å². The molecule has 0 aliphatic carbocycles. The van der Waals surface area contributed by atoms with Gasteiger partial charge in [0, 0.05) is 22.4 Å². The van der Waals surface area contributed by atoms with Gasteiger partial charge in [-0.25, -0.2) is 0 Å². The predicted molar refractivity (Wildman–Crippen MR) is 76.4 cm³/mol. The minimum Gasteiger partial charge on any atom is -0.507 e. The van der Waals surface area contributed by atoms with Crippen molar-refractivity contribution in [3.63, 3.8) is 0 Å². The Morgan fingerprint density at radius 2 is 1.90 bits per heavy atom. The molecule has 0 unspecified atom stereocenters. The molecular formula is C16H13NO3. The number of phenolic OH excluding ortho intramolecular Hbond substituents is 1. The van der Waals surface area contributed by atoms with Crippen LogP contribution in [0.25, 0.3) is 11.8 Å². The van der Waals surface area contributed by atoms with Gasteiger partial charge in [-0.2, -0.15) is 0 Å². The summed E-state index contributed by atoms with van der Waals surface area (Å²) in [5.41, 5.74) is 2.74. The molecule has 2 aromatic carbocycles. The Bertz CT molecular complexity index is 719. The third-order valence-corrected chi connectivity index (χ3v) is 3.24. The average Bonchev–Trinajstić information content (AvgIpc) is 2.78. The first-order chi connectivity index (χ1) is 9.69. The van der Waals surface area contributed by atoms with Crippen LogP contribution in [0.2, 0.25) is 0 Å². The molecule has 0 aromatic heterocycles. The van der Waals surface area contributed by atoms with Crippen LogP contribution in [0.4, 0.5) is 0 Å². The van der Waals surface area contributed by atoms with Gasteiger partial charge in [0.25, 0.3) is 5.91 Å². The van der Waals surface area contributed by atoms with Crippen molar-refractivity contribution < 1.29 is 14.6 Å². The normalized spacial score (nSPS) is 15.1. The summed E-state index contributed by atoms with van der Waals surface area (Å²) in [4.78, 5) is 11.8. The molecule has 0 spiro atoms. The van der Waals surface area contributed by atoms with Gasteiger partial charge >= 0.3 is 0 Å². The Balaban J connectivity index is 2.08. The van der Waals surface area contributed by atoms with Crippen molar-refractivity contribution in [3.8, 4) is 11.5 Å². The first kappa shape index (κ1) is 12.3. The van der Waals surface area contributed by atoms with Crippen LogP contribution in [-0.4, -0.2) is 18.1 Å². The molecule has 100 valence electrons. The van der Waals surface area contributed by atoms with Gasteiger partial charge in [0.1, 0.15) is 11.5 Å². The number of carbonyl (C=O) groups is 1. The second-order valence-corrected chi connectivity index (χ2v) is 4.48. The van der Waals surface area contributed by atoms with Crippen LogP contribution in [0.3, 0.4) is 0 Å². The van der Waals surface area contributed by atoms with Crippen molar-refractivity contribution in [3.05, 3.63) is 59.2 Å². The fraction of sp³-hybridized carbons (Fsp3) is 0.0625. The zero-order chi connectivity index (χ0) is 14.1. The maximum atomic E-state index is 11.8. The number of carbonyl (C=O) groups excluding carboxylic acids is 1. The first-order valence-electron chi connectivity index (χ1n) is 6.18. The average molecular weight is 267 g/mol. The highest BCUT2D eigenvalue weighted by Gasteiger charge is 2.22. The first-order valence-corrected chi connectivity index (χ1v) is 6.18. The lowest BCUT2D eigenvalue weighted by atomic mass is 10.1. The molecule has 0 saturated carbocycles. The Kier molecular flexibility index (Phi) is 2.91.